The van der Waals surface area contributed by atoms with Crippen LogP contribution in [0.15, 0.2) is 110 Å². The third-order valence-electron chi connectivity index (χ3n) is 10.6. The number of nitrogens with one attached hydrogen (secondary N) is 3. The summed E-state index contributed by atoms with van der Waals surface area (Å²) in [6.07, 6.45) is 7.69. The summed E-state index contributed by atoms with van der Waals surface area (Å²) in [5.74, 6) is 1.20. The fraction of sp³-hybridized carbons (Fsp3) is 0.311. The van der Waals surface area contributed by atoms with Gasteiger partial charge in [0.25, 0.3) is 0 Å². The number of benzene rings is 3. The van der Waals surface area contributed by atoms with Crippen LogP contribution in [0.1, 0.15) is 67.1 Å². The molecule has 0 spiro atoms. The second kappa shape index (κ2) is 18.6. The minimum atomic E-state index is -0.792. The highest BCUT2D eigenvalue weighted by Crippen LogP contribution is 2.36. The Labute approximate surface area is 338 Å². The summed E-state index contributed by atoms with van der Waals surface area (Å²) in [4.78, 5) is 58.9. The van der Waals surface area contributed by atoms with E-state index < -0.39 is 12.1 Å². The van der Waals surface area contributed by atoms with Gasteiger partial charge in [-0.15, -0.1) is 13.2 Å². The number of methoxy groups -OCH3 is 1. The van der Waals surface area contributed by atoms with Crippen molar-refractivity contribution in [3.05, 3.63) is 133 Å². The molecule has 300 valence electrons. The van der Waals surface area contributed by atoms with E-state index in [-0.39, 0.29) is 43.7 Å². The molecule has 13 heteroatoms. The Balaban J connectivity index is 1.04. The summed E-state index contributed by atoms with van der Waals surface area (Å²) in [6.45, 7) is 9.58. The van der Waals surface area contributed by atoms with E-state index in [0.29, 0.717) is 25.5 Å². The SMILES string of the molecule is C=CCOCc1[nH]c(C2CCCN2C(=O)C(CC=C)NC(=O)OC)nc1-c1ccc(-c2ccc(-c3c[nH]c([C@@H]4CCCN4C(=O)OCc4ccccc4)n3)cc2)cc1. The van der Waals surface area contributed by atoms with Gasteiger partial charge in [-0.2, -0.15) is 0 Å². The number of likely N-dealkylation sites (tertiary alicyclic amines) is 2. The minimum absolute atomic E-state index is 0.168. The van der Waals surface area contributed by atoms with Crippen molar-refractivity contribution in [3.8, 4) is 33.6 Å². The molecule has 13 nitrogen and oxygen atoms in total. The molecular formula is C45H49N7O6. The topological polar surface area (TPSA) is 155 Å². The monoisotopic (exact) mass is 783 g/mol. The fourth-order valence-electron chi connectivity index (χ4n) is 7.66. The van der Waals surface area contributed by atoms with Crippen molar-refractivity contribution in [2.45, 2.75) is 63.4 Å². The quantitative estimate of drug-likeness (QED) is 0.0708. The standard InChI is InChI=1S/C45H49N7O6/c1-4-11-35(49-44(54)56-3)43(53)51-24-9-15-39(51)42-48-37(29-57-26-5-2)40(50-42)34-22-18-32(19-23-34)31-16-20-33(21-17-31)36-27-46-41(47-36)38-14-10-25-52(38)45(55)58-28-30-12-7-6-8-13-30/h4-8,12-13,16-23,27,35,38-39H,1-2,9-11,14-15,24-26,28-29H2,3H3,(H,46,47)(H,48,50)(H,49,54)/t35?,38-,39?/m0/s1. The molecule has 58 heavy (non-hydrogen) atoms. The summed E-state index contributed by atoms with van der Waals surface area (Å²) in [5, 5.41) is 2.64. The van der Waals surface area contributed by atoms with Crippen molar-refractivity contribution < 1.29 is 28.6 Å². The van der Waals surface area contributed by atoms with Crippen molar-refractivity contribution in [3.63, 3.8) is 0 Å². The van der Waals surface area contributed by atoms with Crippen LogP contribution < -0.4 is 5.32 Å². The van der Waals surface area contributed by atoms with Gasteiger partial charge < -0.3 is 34.4 Å². The fourth-order valence-corrected chi connectivity index (χ4v) is 7.66. The maximum atomic E-state index is 13.7. The average molecular weight is 784 g/mol. The summed E-state index contributed by atoms with van der Waals surface area (Å²) in [7, 11) is 1.27. The van der Waals surface area contributed by atoms with Gasteiger partial charge in [0.2, 0.25) is 5.91 Å². The highest BCUT2D eigenvalue weighted by molar-refractivity contribution is 5.86. The number of nitrogens with zero attached hydrogens (tertiary/aromatic N) is 4. The number of hydrogen-bond donors (Lipinski definition) is 3. The number of alkyl carbamates (subject to hydrolysis) is 1. The molecule has 3 atom stereocenters. The third-order valence-corrected chi connectivity index (χ3v) is 10.6. The lowest BCUT2D eigenvalue weighted by Gasteiger charge is -2.27. The Hall–Kier alpha value is -6.47. The molecule has 3 amide bonds. The number of carbonyl (C=O) groups is 3. The van der Waals surface area contributed by atoms with E-state index in [2.05, 4.69) is 52.7 Å². The number of hydrogen-bond acceptors (Lipinski definition) is 8. The van der Waals surface area contributed by atoms with Gasteiger partial charge in [-0.25, -0.2) is 19.6 Å². The van der Waals surface area contributed by atoms with Crippen molar-refractivity contribution >= 4 is 18.1 Å². The molecular weight excluding hydrogens is 735 g/mol. The normalized spacial score (nSPS) is 16.8. The summed E-state index contributed by atoms with van der Waals surface area (Å²) in [5.41, 5.74) is 7.24. The summed E-state index contributed by atoms with van der Waals surface area (Å²) < 4.78 is 16.2. The lowest BCUT2D eigenvalue weighted by Crippen LogP contribution is -2.48. The molecule has 2 aromatic heterocycles. The molecule has 3 N–H and O–H groups in total. The molecule has 2 unspecified atom stereocenters. The number of amides is 3. The number of rotatable bonds is 15. The number of aromatic nitrogens is 4. The zero-order valence-corrected chi connectivity index (χ0v) is 32.7. The van der Waals surface area contributed by atoms with Crippen LogP contribution in [0.4, 0.5) is 9.59 Å². The van der Waals surface area contributed by atoms with E-state index in [1.165, 1.54) is 7.11 Å². The predicted molar refractivity (Wildman–Crippen MR) is 220 cm³/mol. The lowest BCUT2D eigenvalue weighted by molar-refractivity contribution is -0.134. The van der Waals surface area contributed by atoms with Gasteiger partial charge >= 0.3 is 12.2 Å². The number of carbonyl (C=O) groups excluding carboxylic acids is 3. The first-order chi connectivity index (χ1) is 28.4. The van der Waals surface area contributed by atoms with Crippen LogP contribution >= 0.6 is 0 Å². The van der Waals surface area contributed by atoms with Crippen molar-refractivity contribution in [2.24, 2.45) is 0 Å². The Morgan fingerprint density at radius 1 is 0.828 bits per heavy atom. The highest BCUT2D eigenvalue weighted by atomic mass is 16.6. The third kappa shape index (κ3) is 9.05. The van der Waals surface area contributed by atoms with E-state index in [0.717, 1.165) is 76.4 Å². The van der Waals surface area contributed by atoms with Gasteiger partial charge in [0.15, 0.2) is 0 Å². The molecule has 2 aliphatic rings. The van der Waals surface area contributed by atoms with Crippen LogP contribution in [0, 0.1) is 0 Å². The van der Waals surface area contributed by atoms with Crippen LogP contribution in [0.25, 0.3) is 33.6 Å². The smallest absolute Gasteiger partial charge is 0.410 e. The zero-order valence-electron chi connectivity index (χ0n) is 32.7. The van der Waals surface area contributed by atoms with Gasteiger partial charge in [0.1, 0.15) is 24.3 Å². The van der Waals surface area contributed by atoms with E-state index in [1.54, 1.807) is 22.0 Å². The maximum absolute atomic E-state index is 13.7. The lowest BCUT2D eigenvalue weighted by atomic mass is 10.0. The van der Waals surface area contributed by atoms with E-state index >= 15 is 0 Å². The van der Waals surface area contributed by atoms with Crippen molar-refractivity contribution in [2.75, 3.05) is 26.8 Å². The molecule has 2 fully saturated rings. The van der Waals surface area contributed by atoms with Crippen molar-refractivity contribution in [1.82, 2.24) is 35.1 Å². The molecule has 4 heterocycles. The number of ether oxygens (including phenoxy) is 3. The van der Waals surface area contributed by atoms with Gasteiger partial charge in [-0.1, -0.05) is 91.0 Å². The molecule has 0 radical (unpaired) electrons. The Morgan fingerprint density at radius 2 is 1.48 bits per heavy atom. The number of aromatic amines is 2. The van der Waals surface area contributed by atoms with Crippen LogP contribution in [0.2, 0.25) is 0 Å². The van der Waals surface area contributed by atoms with Gasteiger partial charge in [-0.3, -0.25) is 9.69 Å². The van der Waals surface area contributed by atoms with Gasteiger partial charge in [-0.05, 0) is 48.8 Å². The number of imidazole rings is 2. The first-order valence-corrected chi connectivity index (χ1v) is 19.6. The molecule has 2 saturated heterocycles. The summed E-state index contributed by atoms with van der Waals surface area (Å²) in [6, 6.07) is 24.9. The Morgan fingerprint density at radius 3 is 2.16 bits per heavy atom. The van der Waals surface area contributed by atoms with Gasteiger partial charge in [0, 0.05) is 30.4 Å². The molecule has 0 saturated carbocycles. The first-order valence-electron chi connectivity index (χ1n) is 19.6. The van der Waals surface area contributed by atoms with E-state index in [9.17, 15) is 14.4 Å². The number of H-pyrrole nitrogens is 2. The van der Waals surface area contributed by atoms with Crippen LogP contribution in [-0.2, 0) is 32.2 Å². The second-order valence-corrected chi connectivity index (χ2v) is 14.4. The maximum Gasteiger partial charge on any atom is 0.410 e. The van der Waals surface area contributed by atoms with Crippen LogP contribution in [0.3, 0.4) is 0 Å². The van der Waals surface area contributed by atoms with Crippen LogP contribution in [0.5, 0.6) is 0 Å². The summed E-state index contributed by atoms with van der Waals surface area (Å²) >= 11 is 0. The molecule has 3 aromatic carbocycles. The molecule has 7 rings (SSSR count). The first kappa shape index (κ1) is 39.8. The predicted octanol–water partition coefficient (Wildman–Crippen LogP) is 8.27. The molecule has 5 aromatic rings. The minimum Gasteiger partial charge on any atom is -0.453 e. The van der Waals surface area contributed by atoms with Crippen LogP contribution in [-0.4, -0.2) is 80.7 Å². The largest absolute Gasteiger partial charge is 0.453 e. The van der Waals surface area contributed by atoms with Gasteiger partial charge in [0.05, 0.1) is 49.5 Å². The van der Waals surface area contributed by atoms with Crippen molar-refractivity contribution in [1.29, 1.82) is 0 Å². The van der Waals surface area contributed by atoms with E-state index in [1.807, 2.05) is 60.8 Å². The average Bonchev–Trinajstić information content (AvgIpc) is 4.10. The zero-order chi connectivity index (χ0) is 40.4. The highest BCUT2D eigenvalue weighted by Gasteiger charge is 2.37. The molecule has 2 aliphatic heterocycles. The Bertz CT molecular complexity index is 2200. The Kier molecular flexibility index (Phi) is 12.8. The van der Waals surface area contributed by atoms with E-state index in [4.69, 9.17) is 24.2 Å². The second-order valence-electron chi connectivity index (χ2n) is 14.4. The molecule has 0 bridgehead atoms. The molecule has 0 aliphatic carbocycles.